The van der Waals surface area contributed by atoms with Gasteiger partial charge in [0.05, 0.1) is 12.6 Å². The van der Waals surface area contributed by atoms with Crippen LogP contribution >= 0.6 is 0 Å². The van der Waals surface area contributed by atoms with Gasteiger partial charge in [0, 0.05) is 12.4 Å². The van der Waals surface area contributed by atoms with Gasteiger partial charge in [0.15, 0.2) is 0 Å². The molecule has 2 heterocycles. The van der Waals surface area contributed by atoms with Crippen LogP contribution in [0.1, 0.15) is 18.7 Å². The number of carbonyl (C=O) groups is 1. The van der Waals surface area contributed by atoms with Gasteiger partial charge in [0.25, 0.3) is 0 Å². The Kier molecular flexibility index (Phi) is 3.79. The number of nitrogens with zero attached hydrogens (tertiary/aromatic N) is 3. The van der Waals surface area contributed by atoms with Gasteiger partial charge in [-0.15, -0.1) is 0 Å². The first kappa shape index (κ1) is 13.9. The number of nitrogens with two attached hydrogens (primary N) is 1. The molecule has 1 aromatic heterocycles. The highest BCUT2D eigenvalue weighted by Crippen LogP contribution is 2.22. The highest BCUT2D eigenvalue weighted by Gasteiger charge is 2.32. The molecule has 19 heavy (non-hydrogen) atoms. The number of aromatic nitrogens is 2. The zero-order valence-electron chi connectivity index (χ0n) is 10.2. The number of alkyl halides is 3. The lowest BCUT2D eigenvalue weighted by Gasteiger charge is -2.22. The third kappa shape index (κ3) is 3.46. The Bertz CT molecular complexity index is 457. The average molecular weight is 276 g/mol. The van der Waals surface area contributed by atoms with Crippen LogP contribution in [0.15, 0.2) is 12.4 Å². The Hall–Kier alpha value is -1.57. The molecule has 1 aliphatic rings. The summed E-state index contributed by atoms with van der Waals surface area (Å²) in [5, 5.41) is 0. The predicted molar refractivity (Wildman–Crippen MR) is 60.9 cm³/mol. The summed E-state index contributed by atoms with van der Waals surface area (Å²) in [5.41, 5.74) is 5.27. The Balaban J connectivity index is 2.07. The molecule has 2 rings (SSSR count). The summed E-state index contributed by atoms with van der Waals surface area (Å²) < 4.78 is 38.2. The molecule has 1 aliphatic heterocycles. The summed E-state index contributed by atoms with van der Waals surface area (Å²) in [5.74, 6) is -0.142. The van der Waals surface area contributed by atoms with Crippen LogP contribution in [0.25, 0.3) is 0 Å². The van der Waals surface area contributed by atoms with Crippen molar-refractivity contribution in [3.8, 4) is 0 Å². The van der Waals surface area contributed by atoms with E-state index in [0.717, 1.165) is 11.0 Å². The second-order valence-electron chi connectivity index (χ2n) is 4.62. The lowest BCUT2D eigenvalue weighted by Crippen LogP contribution is -2.40. The van der Waals surface area contributed by atoms with Crippen molar-refractivity contribution >= 4 is 5.91 Å². The highest BCUT2D eigenvalue weighted by atomic mass is 19.4. The molecule has 0 spiro atoms. The lowest BCUT2D eigenvalue weighted by molar-refractivity contribution is -0.141. The van der Waals surface area contributed by atoms with E-state index in [4.69, 9.17) is 5.73 Å². The molecule has 1 atom stereocenters. The molecule has 0 radical (unpaired) electrons. The number of primary amides is 1. The van der Waals surface area contributed by atoms with Gasteiger partial charge in [0.1, 0.15) is 12.4 Å². The fourth-order valence-electron chi connectivity index (χ4n) is 2.35. The van der Waals surface area contributed by atoms with E-state index in [-0.39, 0.29) is 6.54 Å². The minimum atomic E-state index is -4.29. The molecule has 1 amide bonds. The van der Waals surface area contributed by atoms with Crippen molar-refractivity contribution in [1.29, 1.82) is 0 Å². The minimum absolute atomic E-state index is 0.205. The summed E-state index contributed by atoms with van der Waals surface area (Å²) in [7, 11) is 0. The second-order valence-corrected chi connectivity index (χ2v) is 4.62. The molecular formula is C11H15F3N4O. The van der Waals surface area contributed by atoms with Gasteiger partial charge in [-0.2, -0.15) is 13.2 Å². The van der Waals surface area contributed by atoms with Crippen molar-refractivity contribution in [3.63, 3.8) is 0 Å². The topological polar surface area (TPSA) is 64.2 Å². The Morgan fingerprint density at radius 1 is 1.53 bits per heavy atom. The molecule has 0 bridgehead atoms. The first-order valence-electron chi connectivity index (χ1n) is 5.97. The first-order valence-corrected chi connectivity index (χ1v) is 5.97. The summed E-state index contributed by atoms with van der Waals surface area (Å²) in [6.07, 6.45) is -0.207. The Morgan fingerprint density at radius 2 is 2.26 bits per heavy atom. The second kappa shape index (κ2) is 5.20. The van der Waals surface area contributed by atoms with E-state index < -0.39 is 24.7 Å². The van der Waals surface area contributed by atoms with E-state index in [1.54, 1.807) is 4.90 Å². The van der Waals surface area contributed by atoms with Crippen molar-refractivity contribution in [2.24, 2.45) is 5.73 Å². The number of imidazole rings is 1. The molecular weight excluding hydrogens is 261 g/mol. The van der Waals surface area contributed by atoms with Crippen molar-refractivity contribution in [2.45, 2.75) is 38.1 Å². The van der Waals surface area contributed by atoms with Crippen molar-refractivity contribution in [2.75, 3.05) is 6.54 Å². The molecule has 0 aliphatic carbocycles. The fraction of sp³-hybridized carbons (Fsp3) is 0.636. The van der Waals surface area contributed by atoms with Gasteiger partial charge in [-0.1, -0.05) is 0 Å². The third-order valence-electron chi connectivity index (χ3n) is 3.19. The third-order valence-corrected chi connectivity index (χ3v) is 3.19. The van der Waals surface area contributed by atoms with E-state index in [2.05, 4.69) is 4.98 Å². The molecule has 1 fully saturated rings. The molecule has 5 nitrogen and oxygen atoms in total. The van der Waals surface area contributed by atoms with Gasteiger partial charge in [-0.05, 0) is 19.4 Å². The number of carbonyl (C=O) groups excluding carboxylic acids is 1. The van der Waals surface area contributed by atoms with Crippen molar-refractivity contribution in [1.82, 2.24) is 14.5 Å². The molecule has 8 heteroatoms. The maximum absolute atomic E-state index is 12.4. The maximum Gasteiger partial charge on any atom is 0.406 e. The Morgan fingerprint density at radius 3 is 2.89 bits per heavy atom. The van der Waals surface area contributed by atoms with Gasteiger partial charge >= 0.3 is 6.18 Å². The summed E-state index contributed by atoms with van der Waals surface area (Å²) in [6.45, 7) is -0.222. The maximum atomic E-state index is 12.4. The fourth-order valence-corrected chi connectivity index (χ4v) is 2.35. The number of likely N-dealkylation sites (tertiary alicyclic amines) is 1. The van der Waals surface area contributed by atoms with E-state index in [9.17, 15) is 18.0 Å². The van der Waals surface area contributed by atoms with Crippen molar-refractivity contribution < 1.29 is 18.0 Å². The zero-order chi connectivity index (χ0) is 14.0. The van der Waals surface area contributed by atoms with Crippen LogP contribution < -0.4 is 5.73 Å². The smallest absolute Gasteiger partial charge is 0.368 e. The Labute approximate surface area is 108 Å². The van der Waals surface area contributed by atoms with E-state index in [0.29, 0.717) is 18.8 Å². The van der Waals surface area contributed by atoms with Crippen LogP contribution in [0.4, 0.5) is 13.2 Å². The molecule has 106 valence electrons. The van der Waals surface area contributed by atoms with Crippen LogP contribution in [0.3, 0.4) is 0 Å². The van der Waals surface area contributed by atoms with Crippen LogP contribution in [-0.4, -0.2) is 39.1 Å². The number of hydrogen-bond acceptors (Lipinski definition) is 3. The first-order chi connectivity index (χ1) is 8.87. The molecule has 0 unspecified atom stereocenters. The monoisotopic (exact) mass is 276 g/mol. The molecule has 0 aromatic carbocycles. The van der Waals surface area contributed by atoms with E-state index >= 15 is 0 Å². The highest BCUT2D eigenvalue weighted by molar-refractivity contribution is 5.80. The molecule has 2 N–H and O–H groups in total. The summed E-state index contributed by atoms with van der Waals surface area (Å²) in [6, 6.07) is -0.406. The quantitative estimate of drug-likeness (QED) is 0.888. The van der Waals surface area contributed by atoms with Crippen LogP contribution in [0.5, 0.6) is 0 Å². The van der Waals surface area contributed by atoms with Crippen LogP contribution in [0.2, 0.25) is 0 Å². The van der Waals surface area contributed by atoms with Crippen molar-refractivity contribution in [3.05, 3.63) is 18.2 Å². The lowest BCUT2D eigenvalue weighted by atomic mass is 10.2. The van der Waals surface area contributed by atoms with Crippen LogP contribution in [0, 0.1) is 0 Å². The largest absolute Gasteiger partial charge is 0.406 e. The van der Waals surface area contributed by atoms with Gasteiger partial charge < -0.3 is 10.3 Å². The number of halogens is 3. The van der Waals surface area contributed by atoms with E-state index in [1.807, 2.05) is 0 Å². The zero-order valence-corrected chi connectivity index (χ0v) is 10.2. The van der Waals surface area contributed by atoms with Gasteiger partial charge in [-0.3, -0.25) is 9.69 Å². The molecule has 1 aromatic rings. The SMILES string of the molecule is NC(=O)[C@H]1CCCN1Cc1nccn1CC(F)(F)F. The summed E-state index contributed by atoms with van der Waals surface area (Å²) >= 11 is 0. The standard InChI is InChI=1S/C11H15F3N4O/c12-11(13,14)7-18-5-3-16-9(18)6-17-4-1-2-8(17)10(15)19/h3,5,8H,1-2,4,6-7H2,(H2,15,19)/t8-/m1/s1. The van der Waals surface area contributed by atoms with Gasteiger partial charge in [0.2, 0.25) is 5.91 Å². The number of hydrogen-bond donors (Lipinski definition) is 1. The average Bonchev–Trinajstić information content (AvgIpc) is 2.87. The van der Waals surface area contributed by atoms with Gasteiger partial charge in [-0.25, -0.2) is 4.98 Å². The molecule has 1 saturated heterocycles. The summed E-state index contributed by atoms with van der Waals surface area (Å²) in [4.78, 5) is 16.9. The minimum Gasteiger partial charge on any atom is -0.368 e. The van der Waals surface area contributed by atoms with Crippen LogP contribution in [-0.2, 0) is 17.9 Å². The predicted octanol–water partition coefficient (Wildman–Crippen LogP) is 0.895. The molecule has 0 saturated carbocycles. The van der Waals surface area contributed by atoms with E-state index in [1.165, 1.54) is 12.4 Å². The number of amides is 1. The number of rotatable bonds is 4. The normalized spacial score (nSPS) is 20.9.